The second-order valence-corrected chi connectivity index (χ2v) is 6.24. The third-order valence-corrected chi connectivity index (χ3v) is 4.50. The second kappa shape index (κ2) is 8.69. The maximum absolute atomic E-state index is 12.4. The van der Waals surface area contributed by atoms with Gasteiger partial charge in [-0.1, -0.05) is 30.3 Å². The van der Waals surface area contributed by atoms with Crippen LogP contribution in [-0.2, 0) is 22.4 Å². The van der Waals surface area contributed by atoms with Crippen LogP contribution in [0.5, 0.6) is 0 Å². The van der Waals surface area contributed by atoms with E-state index in [4.69, 9.17) is 0 Å². The van der Waals surface area contributed by atoms with Crippen molar-refractivity contribution in [2.45, 2.75) is 18.9 Å². The number of rotatable bonds is 8. The Morgan fingerprint density at radius 2 is 2.00 bits per heavy atom. The number of thiol groups is 1. The highest BCUT2D eigenvalue weighted by molar-refractivity contribution is 7.80. The van der Waals surface area contributed by atoms with Gasteiger partial charge in [0.05, 0.1) is 17.1 Å². The van der Waals surface area contributed by atoms with Crippen molar-refractivity contribution in [1.82, 2.24) is 10.3 Å². The molecule has 2 N–H and O–H groups in total. The number of nitrogens with one attached hydrogen (secondary N) is 1. The number of aromatic nitrogens is 1. The Hall–Kier alpha value is -1.86. The van der Waals surface area contributed by atoms with E-state index in [0.717, 1.165) is 5.56 Å². The van der Waals surface area contributed by atoms with E-state index in [-0.39, 0.29) is 18.2 Å². The molecule has 7 heteroatoms. The summed E-state index contributed by atoms with van der Waals surface area (Å²) >= 11 is 5.63. The summed E-state index contributed by atoms with van der Waals surface area (Å²) in [6.45, 7) is 0. The number of aliphatic carboxylic acids is 1. The molecule has 0 radical (unpaired) electrons. The first-order valence-electron chi connectivity index (χ1n) is 7.15. The average molecular weight is 350 g/mol. The molecule has 1 amide bonds. The van der Waals surface area contributed by atoms with Gasteiger partial charge in [-0.15, -0.1) is 11.3 Å². The van der Waals surface area contributed by atoms with E-state index in [1.54, 1.807) is 10.9 Å². The second-order valence-electron chi connectivity index (χ2n) is 5.15. The van der Waals surface area contributed by atoms with E-state index in [0.29, 0.717) is 17.9 Å². The lowest BCUT2D eigenvalue weighted by atomic mass is 9.99. The van der Waals surface area contributed by atoms with Crippen molar-refractivity contribution < 1.29 is 14.7 Å². The monoisotopic (exact) mass is 350 g/mol. The zero-order chi connectivity index (χ0) is 16.7. The number of carboxylic acids is 1. The van der Waals surface area contributed by atoms with Gasteiger partial charge in [-0.25, -0.2) is 9.78 Å². The molecule has 23 heavy (non-hydrogen) atoms. The van der Waals surface area contributed by atoms with Crippen molar-refractivity contribution in [2.24, 2.45) is 5.92 Å². The summed E-state index contributed by atoms with van der Waals surface area (Å²) in [5.41, 5.74) is 3.32. The number of carbonyl (C=O) groups excluding carboxylic acids is 1. The summed E-state index contributed by atoms with van der Waals surface area (Å²) < 4.78 is 0. The fraction of sp³-hybridized carbons (Fsp3) is 0.312. The smallest absolute Gasteiger partial charge is 0.326 e. The van der Waals surface area contributed by atoms with Gasteiger partial charge in [0, 0.05) is 17.6 Å². The highest BCUT2D eigenvalue weighted by Crippen LogP contribution is 2.12. The summed E-state index contributed by atoms with van der Waals surface area (Å²) in [6, 6.07) is 8.62. The predicted molar refractivity (Wildman–Crippen MR) is 92.9 cm³/mol. The minimum atomic E-state index is -1.07. The number of carboxylic acid groups (broad SMARTS) is 1. The maximum Gasteiger partial charge on any atom is 0.326 e. The standard InChI is InChI=1S/C16H18N2O3S2/c19-15(12(8-22)6-11-4-2-1-3-5-11)18-14(16(20)21)7-13-9-23-10-17-13/h1-5,9-10,12,14,22H,6-8H2,(H,18,19)(H,20,21)/t12?,14-/m0/s1. The molecular weight excluding hydrogens is 332 g/mol. The summed E-state index contributed by atoms with van der Waals surface area (Å²) in [4.78, 5) is 27.8. The molecule has 0 bridgehead atoms. The minimum Gasteiger partial charge on any atom is -0.480 e. The maximum atomic E-state index is 12.4. The van der Waals surface area contributed by atoms with E-state index in [9.17, 15) is 14.7 Å². The zero-order valence-corrected chi connectivity index (χ0v) is 14.1. The highest BCUT2D eigenvalue weighted by atomic mass is 32.1. The van der Waals surface area contributed by atoms with Crippen LogP contribution in [0.2, 0.25) is 0 Å². The van der Waals surface area contributed by atoms with Crippen LogP contribution in [0.3, 0.4) is 0 Å². The Labute approximate surface area is 144 Å². The van der Waals surface area contributed by atoms with Gasteiger partial charge in [-0.3, -0.25) is 4.79 Å². The lowest BCUT2D eigenvalue weighted by Gasteiger charge is -2.19. The lowest BCUT2D eigenvalue weighted by Crippen LogP contribution is -2.45. The van der Waals surface area contributed by atoms with Gasteiger partial charge in [0.25, 0.3) is 0 Å². The van der Waals surface area contributed by atoms with Gasteiger partial charge in [-0.05, 0) is 12.0 Å². The minimum absolute atomic E-state index is 0.176. The molecule has 1 aromatic heterocycles. The van der Waals surface area contributed by atoms with Gasteiger partial charge in [0.1, 0.15) is 6.04 Å². The number of hydrogen-bond acceptors (Lipinski definition) is 5. The van der Waals surface area contributed by atoms with E-state index in [2.05, 4.69) is 22.9 Å². The Balaban J connectivity index is 1.99. The molecule has 1 heterocycles. The van der Waals surface area contributed by atoms with E-state index in [1.165, 1.54) is 11.3 Å². The van der Waals surface area contributed by atoms with Crippen LogP contribution in [0.4, 0.5) is 0 Å². The molecule has 0 fully saturated rings. The van der Waals surface area contributed by atoms with Crippen LogP contribution >= 0.6 is 24.0 Å². The number of benzene rings is 1. The van der Waals surface area contributed by atoms with E-state index < -0.39 is 12.0 Å². The highest BCUT2D eigenvalue weighted by Gasteiger charge is 2.25. The van der Waals surface area contributed by atoms with Crippen molar-refractivity contribution in [2.75, 3.05) is 5.75 Å². The molecule has 2 rings (SSSR count). The van der Waals surface area contributed by atoms with Gasteiger partial charge in [-0.2, -0.15) is 12.6 Å². The van der Waals surface area contributed by atoms with Gasteiger partial charge >= 0.3 is 5.97 Å². The number of thiazole rings is 1. The predicted octanol–water partition coefficient (Wildman–Crippen LogP) is 2.04. The zero-order valence-electron chi connectivity index (χ0n) is 12.4. The number of carbonyl (C=O) groups is 2. The van der Waals surface area contributed by atoms with Crippen molar-refractivity contribution in [1.29, 1.82) is 0 Å². The number of hydrogen-bond donors (Lipinski definition) is 3. The van der Waals surface area contributed by atoms with Crippen LogP contribution < -0.4 is 5.32 Å². The number of nitrogens with zero attached hydrogens (tertiary/aromatic N) is 1. The molecule has 0 aliphatic heterocycles. The molecule has 1 unspecified atom stereocenters. The Kier molecular flexibility index (Phi) is 6.61. The summed E-state index contributed by atoms with van der Waals surface area (Å²) in [5, 5.41) is 13.7. The summed E-state index contributed by atoms with van der Waals surface area (Å²) in [6.07, 6.45) is 0.703. The summed E-state index contributed by atoms with van der Waals surface area (Å²) in [7, 11) is 0. The molecule has 5 nitrogen and oxygen atoms in total. The Morgan fingerprint density at radius 1 is 1.26 bits per heavy atom. The first-order chi connectivity index (χ1) is 11.1. The van der Waals surface area contributed by atoms with Crippen LogP contribution in [0.1, 0.15) is 11.3 Å². The largest absolute Gasteiger partial charge is 0.480 e. The van der Waals surface area contributed by atoms with Crippen molar-refractivity contribution in [3.63, 3.8) is 0 Å². The fourth-order valence-electron chi connectivity index (χ4n) is 2.18. The fourth-order valence-corrected chi connectivity index (χ4v) is 3.04. The Morgan fingerprint density at radius 3 is 2.57 bits per heavy atom. The molecule has 0 aliphatic carbocycles. The van der Waals surface area contributed by atoms with E-state index in [1.807, 2.05) is 30.3 Å². The van der Waals surface area contributed by atoms with Crippen molar-refractivity contribution >= 4 is 35.8 Å². The van der Waals surface area contributed by atoms with Crippen molar-refractivity contribution in [3.05, 3.63) is 52.5 Å². The SMILES string of the molecule is O=C(N[C@@H](Cc1cscn1)C(=O)O)C(CS)Cc1ccccc1. The number of amides is 1. The van der Waals surface area contributed by atoms with Crippen LogP contribution in [-0.4, -0.2) is 33.8 Å². The first kappa shape index (κ1) is 17.5. The van der Waals surface area contributed by atoms with Gasteiger partial charge < -0.3 is 10.4 Å². The molecule has 2 atom stereocenters. The molecule has 122 valence electrons. The molecular formula is C16H18N2O3S2. The summed E-state index contributed by atoms with van der Waals surface area (Å²) in [5.74, 6) is -1.39. The molecule has 0 saturated carbocycles. The van der Waals surface area contributed by atoms with Crippen molar-refractivity contribution in [3.8, 4) is 0 Å². The third-order valence-electron chi connectivity index (χ3n) is 3.43. The average Bonchev–Trinajstić information content (AvgIpc) is 3.05. The van der Waals surface area contributed by atoms with Crippen LogP contribution in [0.15, 0.2) is 41.2 Å². The first-order valence-corrected chi connectivity index (χ1v) is 8.72. The molecule has 0 aliphatic rings. The molecule has 0 saturated heterocycles. The van der Waals surface area contributed by atoms with Gasteiger partial charge in [0.2, 0.25) is 5.91 Å². The quantitative estimate of drug-likeness (QED) is 0.637. The van der Waals surface area contributed by atoms with Gasteiger partial charge in [0.15, 0.2) is 0 Å². The van der Waals surface area contributed by atoms with Crippen LogP contribution in [0.25, 0.3) is 0 Å². The third kappa shape index (κ3) is 5.37. The Bertz CT molecular complexity index is 632. The molecule has 1 aromatic carbocycles. The molecule has 0 spiro atoms. The van der Waals surface area contributed by atoms with E-state index >= 15 is 0 Å². The normalized spacial score (nSPS) is 13.3. The van der Waals surface area contributed by atoms with Crippen LogP contribution in [0, 0.1) is 5.92 Å². The molecule has 2 aromatic rings. The lowest BCUT2D eigenvalue weighted by molar-refractivity contribution is -0.142. The topological polar surface area (TPSA) is 79.3 Å².